The Morgan fingerprint density at radius 1 is 1.26 bits per heavy atom. The Morgan fingerprint density at radius 3 is 2.83 bits per heavy atom. The van der Waals surface area contributed by atoms with Crippen LogP contribution in [0, 0.1) is 0 Å². The van der Waals surface area contributed by atoms with Gasteiger partial charge in [-0.05, 0) is 25.0 Å². The summed E-state index contributed by atoms with van der Waals surface area (Å²) in [5.41, 5.74) is 0. The molecule has 2 heterocycles. The number of hydrogen-bond acceptors (Lipinski definition) is 6. The Hall–Kier alpha value is -1.79. The van der Waals surface area contributed by atoms with Crippen LogP contribution in [0.4, 0.5) is 0 Å². The number of nitrogens with one attached hydrogen (secondary N) is 1. The summed E-state index contributed by atoms with van der Waals surface area (Å²) in [6.45, 7) is 1.89. The molecule has 0 atom stereocenters. The predicted octanol–water partition coefficient (Wildman–Crippen LogP) is 2.92. The van der Waals surface area contributed by atoms with Crippen LogP contribution in [-0.2, 0) is 6.61 Å². The van der Waals surface area contributed by atoms with Crippen LogP contribution in [0.25, 0.3) is 0 Å². The summed E-state index contributed by atoms with van der Waals surface area (Å²) in [7, 11) is 0. The monoisotopic (exact) mass is 335 g/mol. The van der Waals surface area contributed by atoms with Gasteiger partial charge in [-0.1, -0.05) is 23.2 Å². The summed E-state index contributed by atoms with van der Waals surface area (Å²) < 4.78 is 16.9. The number of hydrogen-bond donors (Lipinski definition) is 1. The van der Waals surface area contributed by atoms with Crippen molar-refractivity contribution in [3.63, 3.8) is 0 Å². The molecule has 1 aliphatic carbocycles. The number of halogens is 1. The molecule has 4 rings (SSSR count). The molecule has 1 aromatic carbocycles. The van der Waals surface area contributed by atoms with Crippen LogP contribution in [0.2, 0.25) is 5.02 Å². The molecule has 6 nitrogen and oxygen atoms in total. The molecule has 7 heteroatoms. The van der Waals surface area contributed by atoms with E-state index in [1.807, 2.05) is 0 Å². The van der Waals surface area contributed by atoms with Crippen molar-refractivity contribution in [3.8, 4) is 11.5 Å². The molecule has 0 unspecified atom stereocenters. The van der Waals surface area contributed by atoms with E-state index < -0.39 is 0 Å². The Balaban J connectivity index is 1.42. The van der Waals surface area contributed by atoms with Crippen LogP contribution in [0.15, 0.2) is 22.7 Å². The minimum Gasteiger partial charge on any atom is -0.484 e. The summed E-state index contributed by atoms with van der Waals surface area (Å²) in [6.07, 6.45) is 3.69. The zero-order valence-corrected chi connectivity index (χ0v) is 13.4. The van der Waals surface area contributed by atoms with Crippen molar-refractivity contribution in [1.82, 2.24) is 15.5 Å². The first-order valence-corrected chi connectivity index (χ1v) is 8.28. The maximum atomic E-state index is 6.05. The maximum absolute atomic E-state index is 6.05. The van der Waals surface area contributed by atoms with Crippen LogP contribution >= 0.6 is 11.6 Å². The third-order valence-electron chi connectivity index (χ3n) is 4.25. The van der Waals surface area contributed by atoms with Gasteiger partial charge in [0.05, 0.1) is 0 Å². The van der Waals surface area contributed by atoms with E-state index >= 15 is 0 Å². The Morgan fingerprint density at radius 2 is 2.13 bits per heavy atom. The van der Waals surface area contributed by atoms with Crippen molar-refractivity contribution in [2.45, 2.75) is 37.9 Å². The Bertz CT molecular complexity index is 683. The van der Waals surface area contributed by atoms with Crippen molar-refractivity contribution >= 4 is 11.6 Å². The Labute approximate surface area is 139 Å². The maximum Gasteiger partial charge on any atom is 0.264 e. The number of ether oxygens (including phenoxy) is 2. The quantitative estimate of drug-likeness (QED) is 0.875. The predicted molar refractivity (Wildman–Crippen MR) is 84.0 cm³/mol. The highest BCUT2D eigenvalue weighted by Crippen LogP contribution is 2.35. The average molecular weight is 336 g/mol. The zero-order valence-electron chi connectivity index (χ0n) is 12.6. The van der Waals surface area contributed by atoms with Crippen LogP contribution in [0.5, 0.6) is 11.5 Å². The molecule has 0 amide bonds. The van der Waals surface area contributed by atoms with Gasteiger partial charge in [0.15, 0.2) is 23.9 Å². The largest absolute Gasteiger partial charge is 0.484 e. The molecule has 1 saturated heterocycles. The lowest BCUT2D eigenvalue weighted by atomic mass is 9.85. The Kier molecular flexibility index (Phi) is 4.10. The summed E-state index contributed by atoms with van der Waals surface area (Å²) in [6, 6.07) is 5.34. The summed E-state index contributed by atoms with van der Waals surface area (Å²) in [5.74, 6) is 3.00. The first-order valence-electron chi connectivity index (χ1n) is 7.90. The van der Waals surface area contributed by atoms with Crippen molar-refractivity contribution in [3.05, 3.63) is 34.9 Å². The molecular weight excluding hydrogens is 318 g/mol. The molecular formula is C16H18ClN3O3. The van der Waals surface area contributed by atoms with E-state index in [-0.39, 0.29) is 12.7 Å². The highest BCUT2D eigenvalue weighted by Gasteiger charge is 2.25. The van der Waals surface area contributed by atoms with Gasteiger partial charge in [0, 0.05) is 30.1 Å². The van der Waals surface area contributed by atoms with Gasteiger partial charge in [0.25, 0.3) is 5.89 Å². The molecule has 2 aromatic rings. The van der Waals surface area contributed by atoms with Crippen LogP contribution in [0.1, 0.15) is 36.9 Å². The van der Waals surface area contributed by atoms with E-state index in [2.05, 4.69) is 15.5 Å². The van der Waals surface area contributed by atoms with Gasteiger partial charge in [0.2, 0.25) is 0 Å². The molecule has 0 spiro atoms. The van der Waals surface area contributed by atoms with E-state index in [1.165, 1.54) is 6.42 Å². The highest BCUT2D eigenvalue weighted by molar-refractivity contribution is 6.30. The van der Waals surface area contributed by atoms with Gasteiger partial charge in [0.1, 0.15) is 6.10 Å². The van der Waals surface area contributed by atoms with Crippen molar-refractivity contribution in [1.29, 1.82) is 0 Å². The third-order valence-corrected chi connectivity index (χ3v) is 4.48. The number of aromatic nitrogens is 2. The second-order valence-corrected chi connectivity index (χ2v) is 6.39. The second kappa shape index (κ2) is 6.37. The fraction of sp³-hybridized carbons (Fsp3) is 0.500. The van der Waals surface area contributed by atoms with Crippen molar-refractivity contribution in [2.75, 3.05) is 13.1 Å². The van der Waals surface area contributed by atoms with Gasteiger partial charge in [-0.25, -0.2) is 0 Å². The molecule has 0 radical (unpaired) electrons. The normalized spacial score (nSPS) is 18.3. The third kappa shape index (κ3) is 3.28. The van der Waals surface area contributed by atoms with Crippen LogP contribution in [0.3, 0.4) is 0 Å². The fourth-order valence-electron chi connectivity index (χ4n) is 2.52. The molecule has 2 fully saturated rings. The molecule has 1 aliphatic heterocycles. The number of rotatable bonds is 6. The van der Waals surface area contributed by atoms with Crippen molar-refractivity contribution < 1.29 is 14.0 Å². The lowest BCUT2D eigenvalue weighted by molar-refractivity contribution is 0.133. The smallest absolute Gasteiger partial charge is 0.264 e. The zero-order chi connectivity index (χ0) is 15.6. The first-order chi connectivity index (χ1) is 11.3. The highest BCUT2D eigenvalue weighted by atomic mass is 35.5. The van der Waals surface area contributed by atoms with Gasteiger partial charge < -0.3 is 19.3 Å². The molecule has 122 valence electrons. The second-order valence-electron chi connectivity index (χ2n) is 5.95. The lowest BCUT2D eigenvalue weighted by Gasteiger charge is -2.28. The molecule has 0 bridgehead atoms. The first kappa shape index (κ1) is 14.8. The van der Waals surface area contributed by atoms with E-state index in [0.717, 1.165) is 31.8 Å². The molecule has 2 aliphatic rings. The van der Waals surface area contributed by atoms with Gasteiger partial charge in [-0.2, -0.15) is 4.98 Å². The molecule has 1 saturated carbocycles. The number of benzene rings is 1. The minimum absolute atomic E-state index is 0.157. The van der Waals surface area contributed by atoms with Gasteiger partial charge in [-0.15, -0.1) is 0 Å². The standard InChI is InChI=1S/C16H18ClN3O3/c17-11-4-5-13(14(6-11)22-12-7-18-8-12)21-9-15-19-16(20-23-15)10-2-1-3-10/h4-6,10,12,18H,1-3,7-9H2. The van der Waals surface area contributed by atoms with E-state index in [1.54, 1.807) is 18.2 Å². The lowest BCUT2D eigenvalue weighted by Crippen LogP contribution is -2.50. The fourth-order valence-corrected chi connectivity index (χ4v) is 2.68. The SMILES string of the molecule is Clc1ccc(OCc2nc(C3CCC3)no2)c(OC2CNC2)c1. The van der Waals surface area contributed by atoms with Crippen molar-refractivity contribution in [2.24, 2.45) is 0 Å². The molecule has 23 heavy (non-hydrogen) atoms. The molecule has 1 N–H and O–H groups in total. The average Bonchev–Trinajstić information content (AvgIpc) is 2.88. The van der Waals surface area contributed by atoms with E-state index in [0.29, 0.717) is 28.3 Å². The number of nitrogens with zero attached hydrogens (tertiary/aromatic N) is 2. The molecule has 1 aromatic heterocycles. The minimum atomic E-state index is 0.157. The topological polar surface area (TPSA) is 69.4 Å². The summed E-state index contributed by atoms with van der Waals surface area (Å²) in [5, 5.41) is 7.81. The van der Waals surface area contributed by atoms with Gasteiger partial charge in [-0.3, -0.25) is 0 Å². The van der Waals surface area contributed by atoms with Crippen LogP contribution in [-0.4, -0.2) is 29.3 Å². The summed E-state index contributed by atoms with van der Waals surface area (Å²) >= 11 is 6.05. The van der Waals surface area contributed by atoms with E-state index in [4.69, 9.17) is 25.6 Å². The summed E-state index contributed by atoms with van der Waals surface area (Å²) in [4.78, 5) is 4.40. The van der Waals surface area contributed by atoms with Gasteiger partial charge >= 0.3 is 0 Å². The van der Waals surface area contributed by atoms with E-state index in [9.17, 15) is 0 Å². The van der Waals surface area contributed by atoms with Crippen LogP contribution < -0.4 is 14.8 Å².